The van der Waals surface area contributed by atoms with Gasteiger partial charge in [0, 0.05) is 11.8 Å². The molecule has 1 rings (SSSR count). The van der Waals surface area contributed by atoms with Crippen LogP contribution in [0, 0.1) is 12.8 Å². The average Bonchev–Trinajstić information content (AvgIpc) is 2.74. The Hall–Kier alpha value is -0.550. The van der Waals surface area contributed by atoms with E-state index >= 15 is 0 Å². The Labute approximate surface area is 108 Å². The highest BCUT2D eigenvalue weighted by Crippen LogP contribution is 2.18. The van der Waals surface area contributed by atoms with Crippen molar-refractivity contribution in [1.29, 1.82) is 0 Å². The van der Waals surface area contributed by atoms with Gasteiger partial charge in [-0.2, -0.15) is 0 Å². The molecule has 0 spiro atoms. The number of aromatic nitrogens is 3. The van der Waals surface area contributed by atoms with Gasteiger partial charge in [0.1, 0.15) is 5.82 Å². The second kappa shape index (κ2) is 7.71. The van der Waals surface area contributed by atoms with Crippen LogP contribution in [0.15, 0.2) is 5.16 Å². The largest absolute Gasteiger partial charge is 0.313 e. The molecule has 0 amide bonds. The van der Waals surface area contributed by atoms with Crippen LogP contribution in [0.25, 0.3) is 0 Å². The molecule has 0 fully saturated rings. The number of H-pyrrole nitrogens is 1. The van der Waals surface area contributed by atoms with E-state index in [1.165, 1.54) is 12.8 Å². The van der Waals surface area contributed by atoms with E-state index in [1.54, 1.807) is 11.8 Å². The van der Waals surface area contributed by atoms with Crippen molar-refractivity contribution in [3.8, 4) is 0 Å². The molecule has 0 saturated heterocycles. The Morgan fingerprint density at radius 3 is 2.71 bits per heavy atom. The third-order valence-electron chi connectivity index (χ3n) is 2.96. The maximum Gasteiger partial charge on any atom is 0.208 e. The Morgan fingerprint density at radius 1 is 1.41 bits per heavy atom. The van der Waals surface area contributed by atoms with Crippen LogP contribution in [0.4, 0.5) is 0 Å². The molecule has 4 nitrogen and oxygen atoms in total. The number of hydrogen-bond donors (Lipinski definition) is 2. The van der Waals surface area contributed by atoms with Gasteiger partial charge in [-0.25, -0.2) is 4.98 Å². The molecule has 2 atom stereocenters. The van der Waals surface area contributed by atoms with Crippen molar-refractivity contribution in [3.05, 3.63) is 5.82 Å². The number of nitrogens with zero attached hydrogens (tertiary/aromatic N) is 2. The van der Waals surface area contributed by atoms with Crippen molar-refractivity contribution < 1.29 is 0 Å². The maximum atomic E-state index is 4.32. The van der Waals surface area contributed by atoms with Crippen molar-refractivity contribution in [2.75, 3.05) is 12.3 Å². The summed E-state index contributed by atoms with van der Waals surface area (Å²) in [7, 11) is 0. The molecule has 0 radical (unpaired) electrons. The van der Waals surface area contributed by atoms with Gasteiger partial charge in [0.05, 0.1) is 0 Å². The van der Waals surface area contributed by atoms with Crippen LogP contribution in [0.2, 0.25) is 0 Å². The third kappa shape index (κ3) is 5.08. The minimum Gasteiger partial charge on any atom is -0.313 e. The van der Waals surface area contributed by atoms with Gasteiger partial charge in [-0.1, -0.05) is 39.0 Å². The number of rotatable bonds is 8. The predicted octanol–water partition coefficient (Wildman–Crippen LogP) is 2.62. The van der Waals surface area contributed by atoms with Gasteiger partial charge in [-0.15, -0.1) is 5.10 Å². The Bertz CT molecular complexity index is 313. The first-order valence-corrected chi connectivity index (χ1v) is 7.41. The molecule has 2 N–H and O–H groups in total. The van der Waals surface area contributed by atoms with Gasteiger partial charge < -0.3 is 5.32 Å². The molecular weight excluding hydrogens is 232 g/mol. The fourth-order valence-electron chi connectivity index (χ4n) is 1.59. The zero-order chi connectivity index (χ0) is 12.7. The fraction of sp³-hybridized carbons (Fsp3) is 0.833. The van der Waals surface area contributed by atoms with Crippen LogP contribution in [-0.4, -0.2) is 33.5 Å². The van der Waals surface area contributed by atoms with Crippen molar-refractivity contribution in [3.63, 3.8) is 0 Å². The van der Waals surface area contributed by atoms with E-state index in [0.717, 1.165) is 23.3 Å². The van der Waals surface area contributed by atoms with E-state index in [-0.39, 0.29) is 0 Å². The van der Waals surface area contributed by atoms with Crippen molar-refractivity contribution in [2.45, 2.75) is 51.7 Å². The van der Waals surface area contributed by atoms with Crippen LogP contribution in [0.5, 0.6) is 0 Å². The summed E-state index contributed by atoms with van der Waals surface area (Å²) in [5.74, 6) is 2.61. The van der Waals surface area contributed by atoms with Gasteiger partial charge in [-0.05, 0) is 25.8 Å². The molecule has 1 heterocycles. The smallest absolute Gasteiger partial charge is 0.208 e. The molecule has 5 heteroatoms. The van der Waals surface area contributed by atoms with Gasteiger partial charge >= 0.3 is 0 Å². The number of aromatic amines is 1. The zero-order valence-corrected chi connectivity index (χ0v) is 12.1. The predicted molar refractivity (Wildman–Crippen MR) is 73.4 cm³/mol. The van der Waals surface area contributed by atoms with Crippen molar-refractivity contribution in [1.82, 2.24) is 20.5 Å². The van der Waals surface area contributed by atoms with E-state index in [2.05, 4.69) is 41.3 Å². The monoisotopic (exact) mass is 256 g/mol. The second-order valence-electron chi connectivity index (χ2n) is 4.46. The van der Waals surface area contributed by atoms with Crippen molar-refractivity contribution in [2.24, 2.45) is 5.92 Å². The fourth-order valence-corrected chi connectivity index (χ4v) is 2.68. The first kappa shape index (κ1) is 14.5. The van der Waals surface area contributed by atoms with Crippen LogP contribution >= 0.6 is 11.8 Å². The van der Waals surface area contributed by atoms with Crippen LogP contribution < -0.4 is 5.32 Å². The van der Waals surface area contributed by atoms with E-state index in [9.17, 15) is 0 Å². The lowest BCUT2D eigenvalue weighted by molar-refractivity contribution is 0.397. The minimum absolute atomic E-state index is 0.545. The Kier molecular flexibility index (Phi) is 6.58. The van der Waals surface area contributed by atoms with Crippen molar-refractivity contribution >= 4 is 11.8 Å². The molecular formula is C12H24N4S. The molecule has 1 aromatic heterocycles. The first-order chi connectivity index (χ1) is 8.17. The van der Waals surface area contributed by atoms with Crippen LogP contribution in [0.3, 0.4) is 0 Å². The lowest BCUT2D eigenvalue weighted by Crippen LogP contribution is -2.37. The van der Waals surface area contributed by atoms with Gasteiger partial charge in [0.2, 0.25) is 5.16 Å². The summed E-state index contributed by atoms with van der Waals surface area (Å²) >= 11 is 1.73. The van der Waals surface area contributed by atoms with Crippen LogP contribution in [-0.2, 0) is 0 Å². The Balaban J connectivity index is 2.42. The van der Waals surface area contributed by atoms with Gasteiger partial charge in [-0.3, -0.25) is 5.10 Å². The molecule has 17 heavy (non-hydrogen) atoms. The van der Waals surface area contributed by atoms with Gasteiger partial charge in [0.25, 0.3) is 0 Å². The summed E-state index contributed by atoms with van der Waals surface area (Å²) in [6.45, 7) is 9.76. The van der Waals surface area contributed by atoms with E-state index in [0.29, 0.717) is 12.0 Å². The zero-order valence-electron chi connectivity index (χ0n) is 11.3. The molecule has 0 aliphatic rings. The SMILES string of the molecule is CCCNC(CSc1n[nH]c(C)n1)C(C)CC. The lowest BCUT2D eigenvalue weighted by atomic mass is 10.0. The third-order valence-corrected chi connectivity index (χ3v) is 3.92. The number of nitrogens with one attached hydrogen (secondary N) is 2. The second-order valence-corrected chi connectivity index (χ2v) is 5.45. The quantitative estimate of drug-likeness (QED) is 0.702. The normalized spacial score (nSPS) is 14.8. The summed E-state index contributed by atoms with van der Waals surface area (Å²) in [6.07, 6.45) is 2.38. The molecule has 0 aliphatic carbocycles. The van der Waals surface area contributed by atoms with E-state index in [4.69, 9.17) is 0 Å². The number of thioether (sulfide) groups is 1. The average molecular weight is 256 g/mol. The molecule has 0 aliphatic heterocycles. The summed E-state index contributed by atoms with van der Waals surface area (Å²) in [5, 5.41) is 11.5. The standard InChI is InChI=1S/C12H24N4S/c1-5-7-13-11(9(3)6-2)8-17-12-14-10(4)15-16-12/h9,11,13H,5-8H2,1-4H3,(H,14,15,16). The van der Waals surface area contributed by atoms with Crippen LogP contribution in [0.1, 0.15) is 39.4 Å². The molecule has 1 aromatic rings. The highest BCUT2D eigenvalue weighted by Gasteiger charge is 2.16. The summed E-state index contributed by atoms with van der Waals surface area (Å²) in [5.41, 5.74) is 0. The first-order valence-electron chi connectivity index (χ1n) is 6.42. The summed E-state index contributed by atoms with van der Waals surface area (Å²) < 4.78 is 0. The highest BCUT2D eigenvalue weighted by atomic mass is 32.2. The molecule has 0 aromatic carbocycles. The van der Waals surface area contributed by atoms with E-state index in [1.807, 2.05) is 6.92 Å². The number of hydrogen-bond acceptors (Lipinski definition) is 4. The Morgan fingerprint density at radius 2 is 2.18 bits per heavy atom. The lowest BCUT2D eigenvalue weighted by Gasteiger charge is -2.23. The van der Waals surface area contributed by atoms with Gasteiger partial charge in [0.15, 0.2) is 0 Å². The topological polar surface area (TPSA) is 53.6 Å². The number of aryl methyl sites for hydroxylation is 1. The molecule has 0 bridgehead atoms. The highest BCUT2D eigenvalue weighted by molar-refractivity contribution is 7.99. The molecule has 0 saturated carbocycles. The summed E-state index contributed by atoms with van der Waals surface area (Å²) in [4.78, 5) is 4.32. The van der Waals surface area contributed by atoms with E-state index < -0.39 is 0 Å². The molecule has 2 unspecified atom stereocenters. The molecule has 98 valence electrons. The summed E-state index contributed by atoms with van der Waals surface area (Å²) in [6, 6.07) is 0.545. The minimum atomic E-state index is 0.545. The maximum absolute atomic E-state index is 4.32.